The van der Waals surface area contributed by atoms with Crippen LogP contribution in [0.15, 0.2) is 65.1 Å². The number of carbonyl (C=O) groups excluding carboxylic acids is 1. The number of fused-ring (bicyclic) bond motifs is 1. The lowest BCUT2D eigenvalue weighted by molar-refractivity contribution is -0.142. The normalized spacial score (nSPS) is 11.7. The zero-order valence-electron chi connectivity index (χ0n) is 16.3. The summed E-state index contributed by atoms with van der Waals surface area (Å²) in [5, 5.41) is 6.24. The summed E-state index contributed by atoms with van der Waals surface area (Å²) >= 11 is 9.56. The summed E-state index contributed by atoms with van der Waals surface area (Å²) in [5.74, 6) is -0.672. The molecule has 0 spiro atoms. The third-order valence-corrected chi connectivity index (χ3v) is 5.60. The molecule has 0 radical (unpaired) electrons. The van der Waals surface area contributed by atoms with Gasteiger partial charge in [-0.15, -0.1) is 0 Å². The van der Waals surface area contributed by atoms with E-state index in [0.717, 1.165) is 16.1 Å². The van der Waals surface area contributed by atoms with Gasteiger partial charge >= 0.3 is 6.18 Å². The number of halogens is 5. The van der Waals surface area contributed by atoms with Crippen molar-refractivity contribution in [3.63, 3.8) is 0 Å². The monoisotopic (exact) mass is 522 g/mol. The number of benzene rings is 2. The van der Waals surface area contributed by atoms with Crippen LogP contribution in [0.4, 0.5) is 13.2 Å². The second kappa shape index (κ2) is 8.91. The quantitative estimate of drug-likeness (QED) is 0.360. The van der Waals surface area contributed by atoms with E-state index in [0.29, 0.717) is 16.5 Å². The SMILES string of the molecule is O=C(NCCc1ccccc1)c1nn2c(C(F)(F)F)cc(-c3ccc(Br)cc3)nc2c1Cl. The van der Waals surface area contributed by atoms with Crippen LogP contribution in [-0.2, 0) is 12.6 Å². The van der Waals surface area contributed by atoms with Crippen LogP contribution in [-0.4, -0.2) is 27.0 Å². The molecule has 0 fully saturated rings. The Morgan fingerprint density at radius 3 is 2.44 bits per heavy atom. The number of rotatable bonds is 5. The number of alkyl halides is 3. The lowest BCUT2D eigenvalue weighted by Gasteiger charge is -2.11. The molecule has 4 aromatic rings. The second-order valence-corrected chi connectivity index (χ2v) is 8.21. The minimum atomic E-state index is -4.73. The van der Waals surface area contributed by atoms with Gasteiger partial charge in [-0.3, -0.25) is 4.79 Å². The van der Waals surface area contributed by atoms with Crippen molar-refractivity contribution >= 4 is 39.1 Å². The van der Waals surface area contributed by atoms with Crippen LogP contribution >= 0.6 is 27.5 Å². The topological polar surface area (TPSA) is 59.3 Å². The Balaban J connectivity index is 1.69. The second-order valence-electron chi connectivity index (χ2n) is 6.92. The van der Waals surface area contributed by atoms with Crippen molar-refractivity contribution in [3.05, 3.63) is 87.1 Å². The number of nitrogens with one attached hydrogen (secondary N) is 1. The van der Waals surface area contributed by atoms with Crippen molar-refractivity contribution in [2.24, 2.45) is 0 Å². The largest absolute Gasteiger partial charge is 0.433 e. The number of carbonyl (C=O) groups is 1. The van der Waals surface area contributed by atoms with E-state index in [-0.39, 0.29) is 28.6 Å². The summed E-state index contributed by atoms with van der Waals surface area (Å²) in [6, 6.07) is 17.0. The summed E-state index contributed by atoms with van der Waals surface area (Å²) in [5.41, 5.74) is -0.0967. The molecule has 1 amide bonds. The fourth-order valence-electron chi connectivity index (χ4n) is 3.16. The summed E-state index contributed by atoms with van der Waals surface area (Å²) in [7, 11) is 0. The molecule has 4 rings (SSSR count). The highest BCUT2D eigenvalue weighted by molar-refractivity contribution is 9.10. The zero-order chi connectivity index (χ0) is 22.9. The van der Waals surface area contributed by atoms with E-state index in [9.17, 15) is 18.0 Å². The van der Waals surface area contributed by atoms with E-state index in [1.165, 1.54) is 0 Å². The summed E-state index contributed by atoms with van der Waals surface area (Å²) < 4.78 is 42.7. The molecule has 0 saturated carbocycles. The van der Waals surface area contributed by atoms with Crippen LogP contribution in [0.5, 0.6) is 0 Å². The molecule has 2 aromatic carbocycles. The van der Waals surface area contributed by atoms with Gasteiger partial charge in [-0.1, -0.05) is 70.0 Å². The van der Waals surface area contributed by atoms with Gasteiger partial charge in [0, 0.05) is 16.6 Å². The third kappa shape index (κ3) is 4.63. The summed E-state index contributed by atoms with van der Waals surface area (Å²) in [4.78, 5) is 16.8. The number of nitrogens with zero attached hydrogens (tertiary/aromatic N) is 3. The molecule has 0 saturated heterocycles. The Morgan fingerprint density at radius 2 is 1.78 bits per heavy atom. The molecule has 0 bridgehead atoms. The number of hydrogen-bond acceptors (Lipinski definition) is 3. The van der Waals surface area contributed by atoms with Crippen molar-refractivity contribution in [2.75, 3.05) is 6.54 Å². The highest BCUT2D eigenvalue weighted by Crippen LogP contribution is 2.34. The lowest BCUT2D eigenvalue weighted by Crippen LogP contribution is -2.26. The maximum Gasteiger partial charge on any atom is 0.433 e. The molecular weight excluding hydrogens is 509 g/mol. The van der Waals surface area contributed by atoms with E-state index in [1.807, 2.05) is 30.3 Å². The first-order chi connectivity index (χ1) is 15.2. The minimum absolute atomic E-state index is 0.0650. The number of amides is 1. The molecule has 2 heterocycles. The van der Waals surface area contributed by atoms with Crippen LogP contribution in [0, 0.1) is 0 Å². The first-order valence-corrected chi connectivity index (χ1v) is 10.7. The van der Waals surface area contributed by atoms with Crippen LogP contribution in [0.25, 0.3) is 16.9 Å². The Morgan fingerprint density at radius 1 is 1.09 bits per heavy atom. The predicted octanol–water partition coefficient (Wildman–Crippen LogP) is 5.80. The molecule has 0 unspecified atom stereocenters. The zero-order valence-corrected chi connectivity index (χ0v) is 18.7. The highest BCUT2D eigenvalue weighted by atomic mass is 79.9. The molecular formula is C22H15BrClF3N4O. The van der Waals surface area contributed by atoms with Crippen molar-refractivity contribution in [3.8, 4) is 11.3 Å². The van der Waals surface area contributed by atoms with Crippen molar-refractivity contribution in [1.29, 1.82) is 0 Å². The van der Waals surface area contributed by atoms with Gasteiger partial charge in [-0.2, -0.15) is 18.3 Å². The number of aromatic nitrogens is 3. The molecule has 5 nitrogen and oxygen atoms in total. The molecule has 0 aliphatic carbocycles. The van der Waals surface area contributed by atoms with E-state index in [4.69, 9.17) is 11.6 Å². The fourth-order valence-corrected chi connectivity index (χ4v) is 3.67. The van der Waals surface area contributed by atoms with Gasteiger partial charge < -0.3 is 5.32 Å². The van der Waals surface area contributed by atoms with Crippen molar-refractivity contribution in [2.45, 2.75) is 12.6 Å². The Labute approximate surface area is 194 Å². The molecule has 164 valence electrons. The molecule has 32 heavy (non-hydrogen) atoms. The van der Waals surface area contributed by atoms with Gasteiger partial charge in [0.2, 0.25) is 0 Å². The van der Waals surface area contributed by atoms with Crippen LogP contribution in [0.2, 0.25) is 5.02 Å². The maximum atomic E-state index is 13.8. The molecule has 10 heteroatoms. The molecule has 0 aliphatic heterocycles. The van der Waals surface area contributed by atoms with E-state index < -0.39 is 17.8 Å². The van der Waals surface area contributed by atoms with Gasteiger partial charge in [0.15, 0.2) is 17.0 Å². The average Bonchev–Trinajstić information content (AvgIpc) is 3.10. The summed E-state index contributed by atoms with van der Waals surface area (Å²) in [6.45, 7) is 0.275. The van der Waals surface area contributed by atoms with Crippen LogP contribution in [0.3, 0.4) is 0 Å². The smallest absolute Gasteiger partial charge is 0.350 e. The van der Waals surface area contributed by atoms with E-state index in [2.05, 4.69) is 31.3 Å². The van der Waals surface area contributed by atoms with Crippen molar-refractivity contribution < 1.29 is 18.0 Å². The predicted molar refractivity (Wildman–Crippen MR) is 119 cm³/mol. The Bertz CT molecular complexity index is 1270. The highest BCUT2D eigenvalue weighted by Gasteiger charge is 2.36. The maximum absolute atomic E-state index is 13.8. The third-order valence-electron chi connectivity index (χ3n) is 4.72. The summed E-state index contributed by atoms with van der Waals surface area (Å²) in [6.07, 6.45) is -4.18. The van der Waals surface area contributed by atoms with E-state index >= 15 is 0 Å². The van der Waals surface area contributed by atoms with Gasteiger partial charge in [0.25, 0.3) is 5.91 Å². The lowest BCUT2D eigenvalue weighted by atomic mass is 10.1. The Kier molecular flexibility index (Phi) is 6.21. The van der Waals surface area contributed by atoms with Crippen LogP contribution < -0.4 is 5.32 Å². The van der Waals surface area contributed by atoms with Gasteiger partial charge in [-0.05, 0) is 30.2 Å². The Hall–Kier alpha value is -2.91. The molecule has 1 N–H and O–H groups in total. The molecule has 2 aromatic heterocycles. The molecule has 0 aliphatic rings. The fraction of sp³-hybridized carbons (Fsp3) is 0.136. The van der Waals surface area contributed by atoms with Gasteiger partial charge in [0.1, 0.15) is 5.02 Å². The minimum Gasteiger partial charge on any atom is -0.350 e. The van der Waals surface area contributed by atoms with Gasteiger partial charge in [-0.25, -0.2) is 9.50 Å². The van der Waals surface area contributed by atoms with E-state index in [1.54, 1.807) is 24.3 Å². The van der Waals surface area contributed by atoms with Crippen LogP contribution in [0.1, 0.15) is 21.7 Å². The first kappa shape index (κ1) is 22.3. The van der Waals surface area contributed by atoms with Gasteiger partial charge in [0.05, 0.1) is 5.69 Å². The molecule has 0 atom stereocenters. The van der Waals surface area contributed by atoms with Crippen molar-refractivity contribution in [1.82, 2.24) is 19.9 Å². The first-order valence-electron chi connectivity index (χ1n) is 9.48. The standard InChI is InChI=1S/C22H15BrClF3N4O/c23-15-8-6-14(7-9-15)16-12-17(22(25,26)27)31-20(29-16)18(24)19(30-31)21(32)28-11-10-13-4-2-1-3-5-13/h1-9,12H,10-11H2,(H,28,32). The number of hydrogen-bond donors (Lipinski definition) is 1. The average molecular weight is 524 g/mol.